The Morgan fingerprint density at radius 2 is 1.62 bits per heavy atom. The summed E-state index contributed by atoms with van der Waals surface area (Å²) in [5, 5.41) is 9.16. The molecule has 108 valence electrons. The van der Waals surface area contributed by atoms with Crippen LogP contribution in [-0.2, 0) is 0 Å². The summed E-state index contributed by atoms with van der Waals surface area (Å²) in [5.74, 6) is -1.98. The van der Waals surface area contributed by atoms with Crippen LogP contribution in [0.5, 0.6) is 0 Å². The van der Waals surface area contributed by atoms with Gasteiger partial charge in [-0.25, -0.2) is 9.18 Å². The Morgan fingerprint density at radius 3 is 2.14 bits per heavy atom. The lowest BCUT2D eigenvalue weighted by atomic mass is 10.1. The average Bonchev–Trinajstić information content (AvgIpc) is 2.49. The van der Waals surface area contributed by atoms with Gasteiger partial charge in [-0.15, -0.1) is 0 Å². The van der Waals surface area contributed by atoms with Gasteiger partial charge in [-0.3, -0.25) is 4.79 Å². The molecule has 0 aliphatic heterocycles. The van der Waals surface area contributed by atoms with Crippen LogP contribution >= 0.6 is 0 Å². The maximum Gasteiger partial charge on any atom is 0.336 e. The van der Waals surface area contributed by atoms with E-state index in [2.05, 4.69) is 0 Å². The van der Waals surface area contributed by atoms with Crippen molar-refractivity contribution in [1.29, 1.82) is 0 Å². The summed E-state index contributed by atoms with van der Waals surface area (Å²) in [5.41, 5.74) is 0.573. The first-order chi connectivity index (χ1) is 10.0. The van der Waals surface area contributed by atoms with Crippen molar-refractivity contribution >= 4 is 17.6 Å². The normalized spacial score (nSPS) is 10.2. The third-order valence-electron chi connectivity index (χ3n) is 3.09. The van der Waals surface area contributed by atoms with Gasteiger partial charge in [-0.2, -0.15) is 0 Å². The number of anilines is 1. The van der Waals surface area contributed by atoms with Crippen LogP contribution in [-0.4, -0.2) is 23.5 Å². The minimum absolute atomic E-state index is 0.0527. The Balaban J connectivity index is 2.41. The summed E-state index contributed by atoms with van der Waals surface area (Å²) in [6.45, 7) is 2.11. The fourth-order valence-corrected chi connectivity index (χ4v) is 2.07. The molecule has 0 aliphatic carbocycles. The first kappa shape index (κ1) is 14.7. The molecule has 0 saturated carbocycles. The summed E-state index contributed by atoms with van der Waals surface area (Å²) in [7, 11) is 0. The highest BCUT2D eigenvalue weighted by molar-refractivity contribution is 6.11. The number of carboxylic acids is 1. The number of carbonyl (C=O) groups is 2. The van der Waals surface area contributed by atoms with Gasteiger partial charge in [0.05, 0.1) is 11.1 Å². The predicted molar refractivity (Wildman–Crippen MR) is 77.2 cm³/mol. The molecular weight excluding hydrogens is 273 g/mol. The van der Waals surface area contributed by atoms with Crippen LogP contribution < -0.4 is 4.90 Å². The molecule has 0 fully saturated rings. The molecule has 0 saturated heterocycles. The molecule has 21 heavy (non-hydrogen) atoms. The minimum Gasteiger partial charge on any atom is -0.478 e. The lowest BCUT2D eigenvalue weighted by Crippen LogP contribution is -2.31. The van der Waals surface area contributed by atoms with Crippen molar-refractivity contribution in [3.8, 4) is 0 Å². The van der Waals surface area contributed by atoms with Gasteiger partial charge in [0.1, 0.15) is 5.82 Å². The van der Waals surface area contributed by atoms with Gasteiger partial charge in [0, 0.05) is 12.2 Å². The van der Waals surface area contributed by atoms with E-state index in [1.165, 1.54) is 41.3 Å². The van der Waals surface area contributed by atoms with E-state index in [0.717, 1.165) is 0 Å². The van der Waals surface area contributed by atoms with Crippen LogP contribution in [0.4, 0.5) is 10.1 Å². The molecular formula is C16H14FNO3. The van der Waals surface area contributed by atoms with Crippen LogP contribution in [0.1, 0.15) is 27.6 Å². The van der Waals surface area contributed by atoms with Gasteiger partial charge in [0.25, 0.3) is 5.91 Å². The molecule has 0 atom stereocenters. The third-order valence-corrected chi connectivity index (χ3v) is 3.09. The van der Waals surface area contributed by atoms with E-state index in [0.29, 0.717) is 12.2 Å². The number of carboxylic acid groups (broad SMARTS) is 1. The molecule has 4 nitrogen and oxygen atoms in total. The van der Waals surface area contributed by atoms with Crippen molar-refractivity contribution < 1.29 is 19.1 Å². The number of carbonyl (C=O) groups excluding carboxylic acids is 1. The van der Waals surface area contributed by atoms with Crippen molar-refractivity contribution in [2.24, 2.45) is 0 Å². The molecule has 0 aromatic heterocycles. The SMILES string of the molecule is CCN(C(=O)c1ccccc1C(=O)O)c1ccc(F)cc1. The van der Waals surface area contributed by atoms with Gasteiger partial charge in [-0.1, -0.05) is 12.1 Å². The van der Waals surface area contributed by atoms with Gasteiger partial charge < -0.3 is 10.0 Å². The topological polar surface area (TPSA) is 57.6 Å². The molecule has 0 bridgehead atoms. The molecule has 1 amide bonds. The van der Waals surface area contributed by atoms with Crippen LogP contribution in [0.15, 0.2) is 48.5 Å². The van der Waals surface area contributed by atoms with Crippen LogP contribution in [0.2, 0.25) is 0 Å². The van der Waals surface area contributed by atoms with Crippen molar-refractivity contribution in [3.05, 3.63) is 65.5 Å². The van der Waals surface area contributed by atoms with E-state index in [9.17, 15) is 14.0 Å². The molecule has 2 rings (SSSR count). The van der Waals surface area contributed by atoms with Crippen molar-refractivity contribution in [1.82, 2.24) is 0 Å². The molecule has 0 aliphatic rings. The van der Waals surface area contributed by atoms with E-state index in [1.54, 1.807) is 19.1 Å². The number of halogens is 1. The maximum atomic E-state index is 13.0. The number of rotatable bonds is 4. The Hall–Kier alpha value is -2.69. The zero-order valence-corrected chi connectivity index (χ0v) is 11.4. The minimum atomic E-state index is -1.16. The highest BCUT2D eigenvalue weighted by atomic mass is 19.1. The fourth-order valence-electron chi connectivity index (χ4n) is 2.07. The molecule has 2 aromatic rings. The van der Waals surface area contributed by atoms with E-state index in [1.807, 2.05) is 0 Å². The standard InChI is InChI=1S/C16H14FNO3/c1-2-18(12-9-7-11(17)8-10-12)15(19)13-5-3-4-6-14(13)16(20)21/h3-10H,2H2,1H3,(H,20,21). The first-order valence-corrected chi connectivity index (χ1v) is 6.44. The molecule has 1 N–H and O–H groups in total. The number of aromatic carboxylic acids is 1. The zero-order valence-electron chi connectivity index (χ0n) is 11.4. The number of hydrogen-bond acceptors (Lipinski definition) is 2. The van der Waals surface area contributed by atoms with Crippen LogP contribution in [0.3, 0.4) is 0 Å². The number of nitrogens with zero attached hydrogens (tertiary/aromatic N) is 1. The number of hydrogen-bond donors (Lipinski definition) is 1. The summed E-state index contributed by atoms with van der Waals surface area (Å²) in [6, 6.07) is 11.5. The predicted octanol–water partition coefficient (Wildman–Crippen LogP) is 3.19. The second-order valence-electron chi connectivity index (χ2n) is 4.38. The summed E-state index contributed by atoms with van der Waals surface area (Å²) in [6.07, 6.45) is 0. The van der Waals surface area contributed by atoms with Gasteiger partial charge in [0.2, 0.25) is 0 Å². The van der Waals surface area contributed by atoms with Crippen molar-refractivity contribution in [3.63, 3.8) is 0 Å². The zero-order chi connectivity index (χ0) is 15.4. The van der Waals surface area contributed by atoms with E-state index < -0.39 is 17.7 Å². The lowest BCUT2D eigenvalue weighted by molar-refractivity contribution is 0.0692. The monoisotopic (exact) mass is 287 g/mol. The molecule has 0 radical (unpaired) electrons. The Morgan fingerprint density at radius 1 is 1.05 bits per heavy atom. The summed E-state index contributed by atoms with van der Waals surface area (Å²) < 4.78 is 13.0. The van der Waals surface area contributed by atoms with Gasteiger partial charge in [-0.05, 0) is 43.3 Å². The maximum absolute atomic E-state index is 13.0. The lowest BCUT2D eigenvalue weighted by Gasteiger charge is -2.21. The Bertz CT molecular complexity index is 667. The smallest absolute Gasteiger partial charge is 0.336 e. The van der Waals surface area contributed by atoms with Crippen LogP contribution in [0, 0.1) is 5.82 Å². The Kier molecular flexibility index (Phi) is 4.33. The van der Waals surface area contributed by atoms with Crippen LogP contribution in [0.25, 0.3) is 0 Å². The molecule has 0 spiro atoms. The van der Waals surface area contributed by atoms with E-state index in [4.69, 9.17) is 5.11 Å². The average molecular weight is 287 g/mol. The van der Waals surface area contributed by atoms with E-state index >= 15 is 0 Å². The highest BCUT2D eigenvalue weighted by Gasteiger charge is 2.21. The molecule has 0 heterocycles. The molecule has 2 aromatic carbocycles. The molecule has 0 unspecified atom stereocenters. The van der Waals surface area contributed by atoms with Gasteiger partial charge >= 0.3 is 5.97 Å². The van der Waals surface area contributed by atoms with Gasteiger partial charge in [0.15, 0.2) is 0 Å². The highest BCUT2D eigenvalue weighted by Crippen LogP contribution is 2.19. The second-order valence-corrected chi connectivity index (χ2v) is 4.38. The summed E-state index contributed by atoms with van der Waals surface area (Å²) in [4.78, 5) is 25.2. The quantitative estimate of drug-likeness (QED) is 0.939. The number of amides is 1. The first-order valence-electron chi connectivity index (χ1n) is 6.44. The van der Waals surface area contributed by atoms with Crippen molar-refractivity contribution in [2.45, 2.75) is 6.92 Å². The largest absolute Gasteiger partial charge is 0.478 e. The molecule has 5 heteroatoms. The van der Waals surface area contributed by atoms with Crippen molar-refractivity contribution in [2.75, 3.05) is 11.4 Å². The number of benzene rings is 2. The second kappa shape index (κ2) is 6.17. The third kappa shape index (κ3) is 3.08. The van der Waals surface area contributed by atoms with E-state index in [-0.39, 0.29) is 11.1 Å². The Labute approximate surface area is 121 Å². The fraction of sp³-hybridized carbons (Fsp3) is 0.125. The summed E-state index contributed by atoms with van der Waals surface area (Å²) >= 11 is 0.